The molecule has 86 valence electrons. The van der Waals surface area contributed by atoms with Gasteiger partial charge in [0.25, 0.3) is 0 Å². The third kappa shape index (κ3) is 2.17. The normalized spacial score (nSPS) is 25.5. The summed E-state index contributed by atoms with van der Waals surface area (Å²) in [6.45, 7) is 2.20. The summed E-state index contributed by atoms with van der Waals surface area (Å²) in [6.07, 6.45) is 7.18. The lowest BCUT2D eigenvalue weighted by atomic mass is 9.74. The van der Waals surface area contributed by atoms with Crippen molar-refractivity contribution >= 4 is 5.97 Å². The van der Waals surface area contributed by atoms with Crippen LogP contribution in [0.25, 0.3) is 0 Å². The molecule has 3 heteroatoms. The highest BCUT2D eigenvalue weighted by Crippen LogP contribution is 2.39. The summed E-state index contributed by atoms with van der Waals surface area (Å²) >= 11 is 0. The van der Waals surface area contributed by atoms with Crippen LogP contribution in [0.2, 0.25) is 0 Å². The molecule has 0 spiro atoms. The zero-order chi connectivity index (χ0) is 10.9. The molecule has 0 aromatic carbocycles. The Hall–Kier alpha value is -0.570. The van der Waals surface area contributed by atoms with Crippen LogP contribution in [0.4, 0.5) is 0 Å². The third-order valence-electron chi connectivity index (χ3n) is 4.00. The Labute approximate surface area is 91.6 Å². The summed E-state index contributed by atoms with van der Waals surface area (Å²) in [5.74, 6) is 0.457. The van der Waals surface area contributed by atoms with E-state index in [9.17, 15) is 4.79 Å². The van der Waals surface area contributed by atoms with Crippen molar-refractivity contribution in [2.75, 3.05) is 7.11 Å². The van der Waals surface area contributed by atoms with Gasteiger partial charge in [-0.2, -0.15) is 0 Å². The molecule has 2 rings (SSSR count). The summed E-state index contributed by atoms with van der Waals surface area (Å²) in [6, 6.07) is -0.0461. The zero-order valence-corrected chi connectivity index (χ0v) is 9.71. The molecule has 0 aromatic heterocycles. The number of nitrogens with one attached hydrogen (secondary N) is 1. The Balaban J connectivity index is 1.96. The number of hydrogen-bond acceptors (Lipinski definition) is 3. The number of rotatable bonds is 5. The predicted octanol–water partition coefficient (Wildman–Crippen LogP) is 1.86. The molecule has 0 amide bonds. The van der Waals surface area contributed by atoms with Crippen molar-refractivity contribution < 1.29 is 9.53 Å². The molecule has 2 aliphatic carbocycles. The van der Waals surface area contributed by atoms with Crippen molar-refractivity contribution in [2.45, 2.75) is 57.0 Å². The van der Waals surface area contributed by atoms with Crippen molar-refractivity contribution in [1.82, 2.24) is 5.32 Å². The van der Waals surface area contributed by atoms with E-state index in [2.05, 4.69) is 12.2 Å². The van der Waals surface area contributed by atoms with Crippen molar-refractivity contribution in [3.8, 4) is 0 Å². The van der Waals surface area contributed by atoms with Gasteiger partial charge in [0.05, 0.1) is 7.11 Å². The van der Waals surface area contributed by atoms with E-state index in [4.69, 9.17) is 4.74 Å². The van der Waals surface area contributed by atoms with Gasteiger partial charge in [0.15, 0.2) is 0 Å². The highest BCUT2D eigenvalue weighted by molar-refractivity contribution is 5.76. The van der Waals surface area contributed by atoms with E-state index in [0.717, 1.165) is 6.42 Å². The van der Waals surface area contributed by atoms with Gasteiger partial charge >= 0.3 is 5.97 Å². The quantitative estimate of drug-likeness (QED) is 0.705. The molecule has 2 aliphatic rings. The van der Waals surface area contributed by atoms with Crippen molar-refractivity contribution in [1.29, 1.82) is 0 Å². The second-order valence-corrected chi connectivity index (χ2v) is 4.97. The molecule has 1 atom stereocenters. The summed E-state index contributed by atoms with van der Waals surface area (Å²) in [5.41, 5.74) is 0.238. The summed E-state index contributed by atoms with van der Waals surface area (Å²) in [7, 11) is 1.48. The first-order valence-electron chi connectivity index (χ1n) is 6.06. The van der Waals surface area contributed by atoms with E-state index in [1.165, 1.54) is 39.2 Å². The smallest absolute Gasteiger partial charge is 0.323 e. The van der Waals surface area contributed by atoms with Crippen LogP contribution in [0.3, 0.4) is 0 Å². The number of esters is 1. The molecule has 0 heterocycles. The second-order valence-electron chi connectivity index (χ2n) is 4.97. The van der Waals surface area contributed by atoms with Gasteiger partial charge in [-0.25, -0.2) is 0 Å². The van der Waals surface area contributed by atoms with Crippen LogP contribution in [0.5, 0.6) is 0 Å². The van der Waals surface area contributed by atoms with E-state index in [-0.39, 0.29) is 17.6 Å². The maximum absolute atomic E-state index is 11.6. The lowest BCUT2D eigenvalue weighted by molar-refractivity contribution is -0.144. The molecule has 3 nitrogen and oxygen atoms in total. The SMILES string of the molecule is CCC1(NC(C(=O)OC)C2CC2)CCC1. The fourth-order valence-electron chi connectivity index (χ4n) is 2.46. The minimum absolute atomic E-state index is 0.0461. The Morgan fingerprint density at radius 2 is 2.20 bits per heavy atom. The Morgan fingerprint density at radius 1 is 1.53 bits per heavy atom. The Kier molecular flexibility index (Phi) is 3.01. The van der Waals surface area contributed by atoms with Crippen molar-refractivity contribution in [2.24, 2.45) is 5.92 Å². The number of methoxy groups -OCH3 is 1. The summed E-state index contributed by atoms with van der Waals surface area (Å²) in [5, 5.41) is 3.55. The standard InChI is InChI=1S/C12H21NO2/c1-3-12(7-4-8-12)13-10(9-5-6-9)11(14)15-2/h9-10,13H,3-8H2,1-2H3. The van der Waals surface area contributed by atoms with Gasteiger partial charge < -0.3 is 4.74 Å². The molecule has 0 aliphatic heterocycles. The fourth-order valence-corrected chi connectivity index (χ4v) is 2.46. The van der Waals surface area contributed by atoms with Gasteiger partial charge in [0.1, 0.15) is 6.04 Å². The third-order valence-corrected chi connectivity index (χ3v) is 4.00. The van der Waals surface area contributed by atoms with E-state index < -0.39 is 0 Å². The minimum atomic E-state index is -0.0720. The summed E-state index contributed by atoms with van der Waals surface area (Å²) < 4.78 is 4.87. The maximum atomic E-state index is 11.6. The molecule has 15 heavy (non-hydrogen) atoms. The molecular formula is C12H21NO2. The molecule has 1 unspecified atom stereocenters. The van der Waals surface area contributed by atoms with Crippen LogP contribution in [-0.4, -0.2) is 24.7 Å². The monoisotopic (exact) mass is 211 g/mol. The maximum Gasteiger partial charge on any atom is 0.323 e. The van der Waals surface area contributed by atoms with Crippen LogP contribution in [0.1, 0.15) is 45.4 Å². The number of ether oxygens (including phenoxy) is 1. The first-order valence-corrected chi connectivity index (χ1v) is 6.06. The Morgan fingerprint density at radius 3 is 2.53 bits per heavy atom. The van der Waals surface area contributed by atoms with E-state index >= 15 is 0 Å². The van der Waals surface area contributed by atoms with Gasteiger partial charge in [-0.05, 0) is 44.4 Å². The predicted molar refractivity (Wildman–Crippen MR) is 58.5 cm³/mol. The molecule has 2 saturated carbocycles. The van der Waals surface area contributed by atoms with Gasteiger partial charge in [-0.15, -0.1) is 0 Å². The van der Waals surface area contributed by atoms with Crippen LogP contribution >= 0.6 is 0 Å². The van der Waals surface area contributed by atoms with E-state index in [1.807, 2.05) is 0 Å². The lowest BCUT2D eigenvalue weighted by Crippen LogP contribution is -2.57. The molecule has 1 N–H and O–H groups in total. The molecule has 0 bridgehead atoms. The second kappa shape index (κ2) is 4.12. The van der Waals surface area contributed by atoms with E-state index in [0.29, 0.717) is 5.92 Å². The average Bonchev–Trinajstić information content (AvgIpc) is 3.00. The number of hydrogen-bond donors (Lipinski definition) is 1. The van der Waals surface area contributed by atoms with Crippen LogP contribution in [0, 0.1) is 5.92 Å². The summed E-state index contributed by atoms with van der Waals surface area (Å²) in [4.78, 5) is 11.6. The van der Waals surface area contributed by atoms with Crippen LogP contribution < -0.4 is 5.32 Å². The topological polar surface area (TPSA) is 38.3 Å². The highest BCUT2D eigenvalue weighted by atomic mass is 16.5. The minimum Gasteiger partial charge on any atom is -0.468 e. The molecule has 0 aromatic rings. The number of carbonyl (C=O) groups is 1. The molecule has 0 saturated heterocycles. The van der Waals surface area contributed by atoms with Gasteiger partial charge in [0.2, 0.25) is 0 Å². The first kappa shape index (κ1) is 10.9. The molecule has 2 fully saturated rings. The van der Waals surface area contributed by atoms with Crippen LogP contribution in [-0.2, 0) is 9.53 Å². The van der Waals surface area contributed by atoms with Gasteiger partial charge in [-0.1, -0.05) is 6.92 Å². The largest absolute Gasteiger partial charge is 0.468 e. The zero-order valence-electron chi connectivity index (χ0n) is 9.71. The highest BCUT2D eigenvalue weighted by Gasteiger charge is 2.44. The molecule has 0 radical (unpaired) electrons. The molecular weight excluding hydrogens is 190 g/mol. The lowest BCUT2D eigenvalue weighted by Gasteiger charge is -2.44. The Bertz CT molecular complexity index is 238. The van der Waals surface area contributed by atoms with Gasteiger partial charge in [0, 0.05) is 5.54 Å². The average molecular weight is 211 g/mol. The van der Waals surface area contributed by atoms with Crippen LogP contribution in [0.15, 0.2) is 0 Å². The van der Waals surface area contributed by atoms with Crippen molar-refractivity contribution in [3.05, 3.63) is 0 Å². The fraction of sp³-hybridized carbons (Fsp3) is 0.917. The van der Waals surface area contributed by atoms with Crippen molar-refractivity contribution in [3.63, 3.8) is 0 Å². The van der Waals surface area contributed by atoms with E-state index in [1.54, 1.807) is 0 Å². The number of carbonyl (C=O) groups excluding carboxylic acids is 1. The van der Waals surface area contributed by atoms with Gasteiger partial charge in [-0.3, -0.25) is 10.1 Å². The first-order chi connectivity index (χ1) is 7.21.